The molecule has 1 aliphatic carbocycles. The molecule has 2 aromatic heterocycles. The highest BCUT2D eigenvalue weighted by molar-refractivity contribution is 7.91. The maximum absolute atomic E-state index is 12.9. The van der Waals surface area contributed by atoms with Crippen LogP contribution in [0.2, 0.25) is 0 Å². The number of rotatable bonds is 4. The zero-order valence-electron chi connectivity index (χ0n) is 16.9. The number of hydrogen-bond acceptors (Lipinski definition) is 6. The van der Waals surface area contributed by atoms with Gasteiger partial charge in [0.25, 0.3) is 10.0 Å². The first-order valence-corrected chi connectivity index (χ1v) is 12.5. The minimum atomic E-state index is -3.43. The molecule has 30 heavy (non-hydrogen) atoms. The number of aryl methyl sites for hydroxylation is 3. The fourth-order valence-electron chi connectivity index (χ4n) is 4.47. The van der Waals surface area contributed by atoms with Crippen molar-refractivity contribution in [2.75, 3.05) is 26.2 Å². The average Bonchev–Trinajstić information content (AvgIpc) is 3.35. The smallest absolute Gasteiger partial charge is 0.336 e. The third-order valence-corrected chi connectivity index (χ3v) is 9.44. The number of thiophene rings is 1. The van der Waals surface area contributed by atoms with Gasteiger partial charge in [0.05, 0.1) is 0 Å². The van der Waals surface area contributed by atoms with Crippen molar-refractivity contribution < 1.29 is 12.8 Å². The summed E-state index contributed by atoms with van der Waals surface area (Å²) in [5.74, 6) is 0. The molecule has 0 atom stereocenters. The Morgan fingerprint density at radius 2 is 1.77 bits per heavy atom. The van der Waals surface area contributed by atoms with E-state index in [0.717, 1.165) is 35.1 Å². The molecular weight excluding hydrogens is 420 g/mol. The van der Waals surface area contributed by atoms with Gasteiger partial charge < -0.3 is 4.42 Å². The molecule has 0 bridgehead atoms. The summed E-state index contributed by atoms with van der Waals surface area (Å²) in [6, 6.07) is 9.32. The van der Waals surface area contributed by atoms with Gasteiger partial charge in [-0.2, -0.15) is 4.31 Å². The molecule has 0 spiro atoms. The first-order valence-electron chi connectivity index (χ1n) is 10.3. The molecule has 0 radical (unpaired) electrons. The lowest BCUT2D eigenvalue weighted by molar-refractivity contribution is 0.182. The molecule has 8 heteroatoms. The molecule has 1 aliphatic heterocycles. The fraction of sp³-hybridized carbons (Fsp3) is 0.409. The summed E-state index contributed by atoms with van der Waals surface area (Å²) in [5.41, 5.74) is 3.92. The van der Waals surface area contributed by atoms with E-state index in [4.69, 9.17) is 4.42 Å². The average molecular weight is 445 g/mol. The van der Waals surface area contributed by atoms with Crippen molar-refractivity contribution in [3.05, 3.63) is 62.3 Å². The van der Waals surface area contributed by atoms with E-state index in [2.05, 4.69) is 11.0 Å². The first kappa shape index (κ1) is 19.9. The molecular formula is C22H24N2O4S2. The van der Waals surface area contributed by atoms with Gasteiger partial charge in [0.1, 0.15) is 9.79 Å². The Bertz CT molecular complexity index is 1270. The number of hydrogen-bond donors (Lipinski definition) is 0. The second-order valence-corrected chi connectivity index (χ2v) is 11.6. The normalized spacial score (nSPS) is 18.2. The third kappa shape index (κ3) is 3.62. The van der Waals surface area contributed by atoms with E-state index < -0.39 is 10.0 Å². The van der Waals surface area contributed by atoms with Crippen molar-refractivity contribution in [1.82, 2.24) is 9.21 Å². The monoisotopic (exact) mass is 444 g/mol. The quantitative estimate of drug-likeness (QED) is 0.578. The van der Waals surface area contributed by atoms with Crippen LogP contribution < -0.4 is 5.63 Å². The molecule has 1 fully saturated rings. The SMILES string of the molecule is Cc1ccc(S(=O)(=O)N2CCN(Cc3cc(=O)oc4cc5c(cc34)CCC5)CC2)s1. The van der Waals surface area contributed by atoms with Gasteiger partial charge in [0.15, 0.2) is 0 Å². The molecule has 3 aromatic rings. The molecule has 5 rings (SSSR count). The van der Waals surface area contributed by atoms with Crippen LogP contribution >= 0.6 is 11.3 Å². The molecule has 158 valence electrons. The van der Waals surface area contributed by atoms with Crippen molar-refractivity contribution in [3.63, 3.8) is 0 Å². The van der Waals surface area contributed by atoms with Gasteiger partial charge in [-0.1, -0.05) is 0 Å². The van der Waals surface area contributed by atoms with Crippen molar-refractivity contribution in [1.29, 1.82) is 0 Å². The molecule has 0 saturated carbocycles. The van der Waals surface area contributed by atoms with E-state index in [1.54, 1.807) is 16.4 Å². The van der Waals surface area contributed by atoms with Crippen molar-refractivity contribution in [2.24, 2.45) is 0 Å². The predicted octanol–water partition coefficient (Wildman–Crippen LogP) is 3.16. The third-order valence-electron chi connectivity index (χ3n) is 6.08. The first-order chi connectivity index (χ1) is 14.4. The molecule has 6 nitrogen and oxygen atoms in total. The van der Waals surface area contributed by atoms with Gasteiger partial charge in [0, 0.05) is 49.1 Å². The van der Waals surface area contributed by atoms with Crippen LogP contribution in [0.1, 0.15) is 28.0 Å². The van der Waals surface area contributed by atoms with Crippen LogP contribution in [-0.4, -0.2) is 43.8 Å². The fourth-order valence-corrected chi connectivity index (χ4v) is 7.33. The minimum absolute atomic E-state index is 0.329. The number of fused-ring (bicyclic) bond motifs is 2. The Morgan fingerprint density at radius 3 is 2.47 bits per heavy atom. The van der Waals surface area contributed by atoms with Gasteiger partial charge in [-0.3, -0.25) is 4.90 Å². The van der Waals surface area contributed by atoms with E-state index in [0.29, 0.717) is 42.5 Å². The Balaban J connectivity index is 1.34. The van der Waals surface area contributed by atoms with Crippen LogP contribution in [0.4, 0.5) is 0 Å². The highest BCUT2D eigenvalue weighted by Crippen LogP contribution is 2.30. The van der Waals surface area contributed by atoms with E-state index in [1.165, 1.54) is 22.5 Å². The highest BCUT2D eigenvalue weighted by atomic mass is 32.2. The van der Waals surface area contributed by atoms with Crippen LogP contribution in [0.25, 0.3) is 11.0 Å². The highest BCUT2D eigenvalue weighted by Gasteiger charge is 2.29. The summed E-state index contributed by atoms with van der Waals surface area (Å²) in [5, 5.41) is 0.999. The number of benzene rings is 1. The van der Waals surface area contributed by atoms with Gasteiger partial charge in [-0.25, -0.2) is 13.2 Å². The Labute approximate surface area is 179 Å². The lowest BCUT2D eigenvalue weighted by Gasteiger charge is -2.33. The van der Waals surface area contributed by atoms with Gasteiger partial charge in [-0.05, 0) is 67.1 Å². The maximum atomic E-state index is 12.9. The van der Waals surface area contributed by atoms with E-state index in [1.807, 2.05) is 19.1 Å². The zero-order valence-corrected chi connectivity index (χ0v) is 18.5. The van der Waals surface area contributed by atoms with Crippen molar-refractivity contribution in [2.45, 2.75) is 36.9 Å². The molecule has 0 unspecified atom stereocenters. The summed E-state index contributed by atoms with van der Waals surface area (Å²) < 4.78 is 33.2. The molecule has 0 amide bonds. The van der Waals surface area contributed by atoms with E-state index in [9.17, 15) is 13.2 Å². The van der Waals surface area contributed by atoms with Crippen molar-refractivity contribution >= 4 is 32.3 Å². The van der Waals surface area contributed by atoms with Crippen LogP contribution in [0, 0.1) is 6.92 Å². The van der Waals surface area contributed by atoms with Crippen LogP contribution in [-0.2, 0) is 29.4 Å². The van der Waals surface area contributed by atoms with Crippen LogP contribution in [0.15, 0.2) is 43.8 Å². The Kier molecular flexibility index (Phi) is 5.05. The summed E-state index contributed by atoms with van der Waals surface area (Å²) in [4.78, 5) is 15.3. The van der Waals surface area contributed by atoms with E-state index >= 15 is 0 Å². The van der Waals surface area contributed by atoms with Crippen molar-refractivity contribution in [3.8, 4) is 0 Å². The Morgan fingerprint density at radius 1 is 1.03 bits per heavy atom. The summed E-state index contributed by atoms with van der Waals surface area (Å²) >= 11 is 1.32. The van der Waals surface area contributed by atoms with Crippen LogP contribution in [0.3, 0.4) is 0 Å². The number of nitrogens with zero attached hydrogens (tertiary/aromatic N) is 2. The molecule has 0 N–H and O–H groups in total. The zero-order chi connectivity index (χ0) is 20.9. The van der Waals surface area contributed by atoms with Gasteiger partial charge >= 0.3 is 5.63 Å². The lowest BCUT2D eigenvalue weighted by atomic mass is 10.0. The second kappa shape index (κ2) is 7.60. The maximum Gasteiger partial charge on any atom is 0.336 e. The second-order valence-electron chi connectivity index (χ2n) is 8.11. The standard InChI is InChI=1S/C22H24N2O4S2/c1-15-5-6-22(29-15)30(26,27)24-9-7-23(8-10-24)14-18-13-21(25)28-20-12-17-4-2-3-16(17)11-19(18)20/h5-6,11-13H,2-4,7-10,14H2,1H3. The minimum Gasteiger partial charge on any atom is -0.423 e. The largest absolute Gasteiger partial charge is 0.423 e. The summed E-state index contributed by atoms with van der Waals surface area (Å²) in [7, 11) is -3.43. The Hall–Kier alpha value is -2.00. The number of sulfonamides is 1. The van der Waals surface area contributed by atoms with Gasteiger partial charge in [0.2, 0.25) is 0 Å². The molecule has 1 saturated heterocycles. The molecule has 3 heterocycles. The van der Waals surface area contributed by atoms with Crippen LogP contribution in [0.5, 0.6) is 0 Å². The van der Waals surface area contributed by atoms with E-state index in [-0.39, 0.29) is 5.63 Å². The molecule has 1 aromatic carbocycles. The summed E-state index contributed by atoms with van der Waals surface area (Å²) in [6.45, 7) is 4.71. The lowest BCUT2D eigenvalue weighted by Crippen LogP contribution is -2.48. The molecule has 2 aliphatic rings. The van der Waals surface area contributed by atoms with Gasteiger partial charge in [-0.15, -0.1) is 11.3 Å². The predicted molar refractivity (Wildman–Crippen MR) is 118 cm³/mol. The summed E-state index contributed by atoms with van der Waals surface area (Å²) in [6.07, 6.45) is 3.26. The topological polar surface area (TPSA) is 70.8 Å². The number of piperazine rings is 1.